The lowest BCUT2D eigenvalue weighted by molar-refractivity contribution is 0.0967. The van der Waals surface area contributed by atoms with Crippen LogP contribution in [0.1, 0.15) is 18.4 Å². The van der Waals surface area contributed by atoms with Crippen molar-refractivity contribution in [3.63, 3.8) is 0 Å². The van der Waals surface area contributed by atoms with Crippen molar-refractivity contribution in [1.29, 1.82) is 0 Å². The van der Waals surface area contributed by atoms with Gasteiger partial charge in [0.1, 0.15) is 17.7 Å². The van der Waals surface area contributed by atoms with Gasteiger partial charge in [0.15, 0.2) is 0 Å². The Morgan fingerprint density at radius 1 is 1.05 bits per heavy atom. The summed E-state index contributed by atoms with van der Waals surface area (Å²) < 4.78 is 18.8. The number of hydrogen-bond donors (Lipinski definition) is 0. The summed E-state index contributed by atoms with van der Waals surface area (Å²) in [5, 5.41) is 0. The molecule has 0 bridgehead atoms. The molecule has 0 spiro atoms. The van der Waals surface area contributed by atoms with Gasteiger partial charge in [0.05, 0.1) is 0 Å². The van der Waals surface area contributed by atoms with Gasteiger partial charge in [-0.1, -0.05) is 0 Å². The highest BCUT2D eigenvalue weighted by atomic mass is 19.1. The molecule has 1 aromatic carbocycles. The van der Waals surface area contributed by atoms with Crippen molar-refractivity contribution in [3.8, 4) is 5.75 Å². The topological polar surface area (TPSA) is 25.4 Å². The Bertz CT molecular complexity index is 551. The third kappa shape index (κ3) is 4.02. The molecule has 0 radical (unpaired) electrons. The molecule has 0 amide bonds. The second-order valence-electron chi connectivity index (χ2n) is 5.40. The Kier molecular flexibility index (Phi) is 4.46. The number of benzene rings is 1. The van der Waals surface area contributed by atoms with Gasteiger partial charge in [0.25, 0.3) is 0 Å². The number of rotatable bonds is 4. The van der Waals surface area contributed by atoms with Crippen LogP contribution in [0.5, 0.6) is 5.75 Å². The maximum absolute atomic E-state index is 12.9. The van der Waals surface area contributed by atoms with E-state index in [2.05, 4.69) is 22.0 Å². The zero-order chi connectivity index (χ0) is 14.5. The summed E-state index contributed by atoms with van der Waals surface area (Å²) in [5.74, 6) is 0.526. The van der Waals surface area contributed by atoms with Gasteiger partial charge in [-0.05, 0) is 54.8 Å². The Labute approximate surface area is 124 Å². The first-order chi connectivity index (χ1) is 10.3. The molecule has 0 unspecified atom stereocenters. The first-order valence-corrected chi connectivity index (χ1v) is 7.33. The number of ether oxygens (including phenoxy) is 1. The van der Waals surface area contributed by atoms with Crippen LogP contribution < -0.4 is 4.74 Å². The summed E-state index contributed by atoms with van der Waals surface area (Å²) in [7, 11) is 0. The number of pyridine rings is 1. The lowest BCUT2D eigenvalue weighted by Gasteiger charge is -2.32. The summed E-state index contributed by atoms with van der Waals surface area (Å²) in [6.45, 7) is 3.01. The highest BCUT2D eigenvalue weighted by Crippen LogP contribution is 2.20. The van der Waals surface area contributed by atoms with E-state index in [9.17, 15) is 4.39 Å². The lowest BCUT2D eigenvalue weighted by Crippen LogP contribution is -2.37. The molecule has 1 saturated heterocycles. The van der Waals surface area contributed by atoms with Crippen molar-refractivity contribution in [3.05, 3.63) is 60.2 Å². The maximum Gasteiger partial charge on any atom is 0.123 e. The van der Waals surface area contributed by atoms with Gasteiger partial charge in [-0.2, -0.15) is 0 Å². The van der Waals surface area contributed by atoms with E-state index in [0.717, 1.165) is 38.2 Å². The van der Waals surface area contributed by atoms with Gasteiger partial charge in [0, 0.05) is 32.0 Å². The summed E-state index contributed by atoms with van der Waals surface area (Å²) in [4.78, 5) is 6.47. The van der Waals surface area contributed by atoms with Gasteiger partial charge < -0.3 is 4.74 Å². The molecule has 0 N–H and O–H groups in total. The van der Waals surface area contributed by atoms with Crippen LogP contribution in [0.25, 0.3) is 0 Å². The molecule has 2 aromatic rings. The van der Waals surface area contributed by atoms with Crippen molar-refractivity contribution in [2.24, 2.45) is 0 Å². The number of hydrogen-bond acceptors (Lipinski definition) is 3. The quantitative estimate of drug-likeness (QED) is 0.862. The van der Waals surface area contributed by atoms with Gasteiger partial charge >= 0.3 is 0 Å². The minimum absolute atomic E-state index is 0.226. The molecule has 1 aromatic heterocycles. The highest BCUT2D eigenvalue weighted by molar-refractivity contribution is 5.22. The van der Waals surface area contributed by atoms with E-state index in [-0.39, 0.29) is 11.9 Å². The second kappa shape index (κ2) is 6.68. The molecule has 110 valence electrons. The third-order valence-electron chi connectivity index (χ3n) is 3.81. The van der Waals surface area contributed by atoms with Crippen molar-refractivity contribution >= 4 is 0 Å². The summed E-state index contributed by atoms with van der Waals surface area (Å²) in [5.41, 5.74) is 1.29. The van der Waals surface area contributed by atoms with E-state index in [1.807, 2.05) is 12.4 Å². The minimum Gasteiger partial charge on any atom is -0.490 e. The van der Waals surface area contributed by atoms with Gasteiger partial charge in [-0.25, -0.2) is 4.39 Å². The number of likely N-dealkylation sites (tertiary alicyclic amines) is 1. The standard InChI is InChI=1S/C17H19FN2O/c18-15-1-3-16(4-2-15)21-17-7-11-20(12-8-17)13-14-5-9-19-10-6-14/h1-6,9-10,17H,7-8,11-13H2. The molecule has 0 aliphatic carbocycles. The number of piperidine rings is 1. The maximum atomic E-state index is 12.9. The Morgan fingerprint density at radius 2 is 1.71 bits per heavy atom. The SMILES string of the molecule is Fc1ccc(OC2CCN(Cc3ccncc3)CC2)cc1. The van der Waals surface area contributed by atoms with Crippen LogP contribution in [-0.4, -0.2) is 29.1 Å². The predicted octanol–water partition coefficient (Wildman–Crippen LogP) is 3.26. The van der Waals surface area contributed by atoms with Crippen LogP contribution >= 0.6 is 0 Å². The van der Waals surface area contributed by atoms with Crippen LogP contribution in [0.3, 0.4) is 0 Å². The molecule has 1 aliphatic heterocycles. The fourth-order valence-corrected chi connectivity index (χ4v) is 2.64. The smallest absolute Gasteiger partial charge is 0.123 e. The molecule has 3 rings (SSSR count). The highest BCUT2D eigenvalue weighted by Gasteiger charge is 2.20. The zero-order valence-electron chi connectivity index (χ0n) is 11.9. The van der Waals surface area contributed by atoms with Crippen molar-refractivity contribution in [2.75, 3.05) is 13.1 Å². The molecule has 4 heteroatoms. The van der Waals surface area contributed by atoms with E-state index < -0.39 is 0 Å². The van der Waals surface area contributed by atoms with E-state index in [1.54, 1.807) is 12.1 Å². The molecule has 21 heavy (non-hydrogen) atoms. The normalized spacial score (nSPS) is 16.8. The number of nitrogens with zero attached hydrogens (tertiary/aromatic N) is 2. The van der Waals surface area contributed by atoms with Gasteiger partial charge in [0.2, 0.25) is 0 Å². The largest absolute Gasteiger partial charge is 0.490 e. The zero-order valence-corrected chi connectivity index (χ0v) is 11.9. The Hall–Kier alpha value is -1.94. The van der Waals surface area contributed by atoms with E-state index in [0.29, 0.717) is 0 Å². The van der Waals surface area contributed by atoms with E-state index in [4.69, 9.17) is 4.74 Å². The first kappa shape index (κ1) is 14.0. The summed E-state index contributed by atoms with van der Waals surface area (Å²) in [6, 6.07) is 10.4. The van der Waals surface area contributed by atoms with E-state index in [1.165, 1.54) is 17.7 Å². The fraction of sp³-hybridized carbons (Fsp3) is 0.353. The van der Waals surface area contributed by atoms with Crippen LogP contribution in [-0.2, 0) is 6.54 Å². The van der Waals surface area contributed by atoms with Gasteiger partial charge in [-0.3, -0.25) is 9.88 Å². The predicted molar refractivity (Wildman–Crippen MR) is 79.6 cm³/mol. The Morgan fingerprint density at radius 3 is 2.38 bits per heavy atom. The number of aromatic nitrogens is 1. The fourth-order valence-electron chi connectivity index (χ4n) is 2.64. The molecule has 0 saturated carbocycles. The Balaban J connectivity index is 1.47. The van der Waals surface area contributed by atoms with Crippen molar-refractivity contribution in [2.45, 2.75) is 25.5 Å². The molecule has 2 heterocycles. The van der Waals surface area contributed by atoms with E-state index >= 15 is 0 Å². The van der Waals surface area contributed by atoms with Crippen LogP contribution in [0.15, 0.2) is 48.8 Å². The summed E-state index contributed by atoms with van der Waals surface area (Å²) in [6.07, 6.45) is 5.90. The molecular weight excluding hydrogens is 267 g/mol. The minimum atomic E-state index is -0.227. The number of halogens is 1. The average Bonchev–Trinajstić information content (AvgIpc) is 2.53. The third-order valence-corrected chi connectivity index (χ3v) is 3.81. The molecule has 1 aliphatic rings. The lowest BCUT2D eigenvalue weighted by atomic mass is 10.1. The molecule has 1 fully saturated rings. The summed E-state index contributed by atoms with van der Waals surface area (Å²) >= 11 is 0. The first-order valence-electron chi connectivity index (χ1n) is 7.33. The molecule has 0 atom stereocenters. The molecule has 3 nitrogen and oxygen atoms in total. The molecular formula is C17H19FN2O. The van der Waals surface area contributed by atoms with Crippen LogP contribution in [0.2, 0.25) is 0 Å². The van der Waals surface area contributed by atoms with Gasteiger partial charge in [-0.15, -0.1) is 0 Å². The van der Waals surface area contributed by atoms with Crippen molar-refractivity contribution in [1.82, 2.24) is 9.88 Å². The van der Waals surface area contributed by atoms with Crippen molar-refractivity contribution < 1.29 is 9.13 Å². The average molecular weight is 286 g/mol. The van der Waals surface area contributed by atoms with Crippen LogP contribution in [0.4, 0.5) is 4.39 Å². The second-order valence-corrected chi connectivity index (χ2v) is 5.40. The monoisotopic (exact) mass is 286 g/mol. The van der Waals surface area contributed by atoms with Crippen LogP contribution in [0, 0.1) is 5.82 Å².